The molecule has 0 radical (unpaired) electrons. The summed E-state index contributed by atoms with van der Waals surface area (Å²) in [6.07, 6.45) is 2.84. The molecule has 1 amide bonds. The SMILES string of the molecule is CCOc1cccc2sc(N(CC3CCCO3)C(=O)c3ccc(Cc4ccccc4)cc3)nc12. The van der Waals surface area contributed by atoms with Gasteiger partial charge in [0.1, 0.15) is 11.3 Å². The van der Waals surface area contributed by atoms with Crippen molar-refractivity contribution in [2.75, 3.05) is 24.7 Å². The van der Waals surface area contributed by atoms with Crippen molar-refractivity contribution in [2.45, 2.75) is 32.3 Å². The molecule has 1 saturated heterocycles. The third kappa shape index (κ3) is 4.98. The number of anilines is 1. The fourth-order valence-electron chi connectivity index (χ4n) is 4.29. The van der Waals surface area contributed by atoms with E-state index >= 15 is 0 Å². The number of benzene rings is 3. The Morgan fingerprint density at radius 1 is 1.06 bits per heavy atom. The highest BCUT2D eigenvalue weighted by Crippen LogP contribution is 2.35. The molecule has 5 rings (SSSR count). The Labute approximate surface area is 204 Å². The zero-order valence-corrected chi connectivity index (χ0v) is 20.1. The molecular formula is C28H28N2O3S. The highest BCUT2D eigenvalue weighted by molar-refractivity contribution is 7.22. The first kappa shape index (κ1) is 22.6. The van der Waals surface area contributed by atoms with Crippen molar-refractivity contribution in [3.05, 3.63) is 89.5 Å². The summed E-state index contributed by atoms with van der Waals surface area (Å²) in [5.41, 5.74) is 3.88. The van der Waals surface area contributed by atoms with Gasteiger partial charge in [-0.15, -0.1) is 0 Å². The molecule has 3 aromatic carbocycles. The molecule has 0 N–H and O–H groups in total. The standard InChI is InChI=1S/C28H28N2O3S/c1-2-32-24-11-6-12-25-26(24)29-28(34-25)30(19-23-10-7-17-33-23)27(31)22-15-13-21(14-16-22)18-20-8-4-3-5-9-20/h3-6,8-9,11-16,23H,2,7,10,17-19H2,1H3. The molecule has 1 atom stereocenters. The van der Waals surface area contributed by atoms with Crippen LogP contribution in [0.25, 0.3) is 10.2 Å². The molecule has 1 aliphatic heterocycles. The Morgan fingerprint density at radius 3 is 2.59 bits per heavy atom. The first-order valence-electron chi connectivity index (χ1n) is 11.8. The quantitative estimate of drug-likeness (QED) is 0.310. The maximum atomic E-state index is 13.7. The number of rotatable bonds is 8. The van der Waals surface area contributed by atoms with E-state index in [9.17, 15) is 4.79 Å². The number of hydrogen-bond donors (Lipinski definition) is 0. The number of carbonyl (C=O) groups is 1. The average molecular weight is 473 g/mol. The minimum atomic E-state index is -0.0567. The van der Waals surface area contributed by atoms with Crippen LogP contribution in [0.4, 0.5) is 5.13 Å². The molecule has 0 aliphatic carbocycles. The minimum absolute atomic E-state index is 0.0275. The summed E-state index contributed by atoms with van der Waals surface area (Å²) in [7, 11) is 0. The molecule has 2 heterocycles. The molecule has 0 spiro atoms. The predicted molar refractivity (Wildman–Crippen MR) is 137 cm³/mol. The van der Waals surface area contributed by atoms with E-state index in [1.54, 1.807) is 4.90 Å². The summed E-state index contributed by atoms with van der Waals surface area (Å²) in [6.45, 7) is 3.77. The van der Waals surface area contributed by atoms with Gasteiger partial charge < -0.3 is 9.47 Å². The summed E-state index contributed by atoms with van der Waals surface area (Å²) >= 11 is 1.52. The average Bonchev–Trinajstić information content (AvgIpc) is 3.54. The predicted octanol–water partition coefficient (Wildman–Crippen LogP) is 6.11. The summed E-state index contributed by atoms with van der Waals surface area (Å²) < 4.78 is 12.6. The number of para-hydroxylation sites is 1. The second kappa shape index (κ2) is 10.4. The molecule has 1 unspecified atom stereocenters. The number of ether oxygens (including phenoxy) is 2. The van der Waals surface area contributed by atoms with Crippen molar-refractivity contribution >= 4 is 32.6 Å². The normalized spacial score (nSPS) is 15.5. The van der Waals surface area contributed by atoms with Crippen molar-refractivity contribution < 1.29 is 14.3 Å². The fourth-order valence-corrected chi connectivity index (χ4v) is 5.28. The molecule has 174 valence electrons. The molecular weight excluding hydrogens is 444 g/mol. The molecule has 0 bridgehead atoms. The molecule has 1 aliphatic rings. The van der Waals surface area contributed by atoms with E-state index in [0.29, 0.717) is 23.8 Å². The zero-order chi connectivity index (χ0) is 23.3. The second-order valence-corrected chi connectivity index (χ2v) is 9.45. The third-order valence-electron chi connectivity index (χ3n) is 6.01. The van der Waals surface area contributed by atoms with Gasteiger partial charge in [0.2, 0.25) is 0 Å². The molecule has 4 aromatic rings. The second-order valence-electron chi connectivity index (χ2n) is 8.44. The van der Waals surface area contributed by atoms with Gasteiger partial charge in [0, 0.05) is 12.2 Å². The lowest BCUT2D eigenvalue weighted by molar-refractivity contribution is 0.0917. The number of thiazole rings is 1. The van der Waals surface area contributed by atoms with Crippen LogP contribution in [0, 0.1) is 0 Å². The molecule has 1 aromatic heterocycles. The van der Waals surface area contributed by atoms with Crippen molar-refractivity contribution in [1.82, 2.24) is 4.98 Å². The van der Waals surface area contributed by atoms with E-state index in [-0.39, 0.29) is 12.0 Å². The highest BCUT2D eigenvalue weighted by atomic mass is 32.1. The Kier molecular flexibility index (Phi) is 6.88. The Hall–Kier alpha value is -3.22. The molecule has 0 saturated carbocycles. The summed E-state index contributed by atoms with van der Waals surface area (Å²) in [6, 6.07) is 24.2. The van der Waals surface area contributed by atoms with Crippen LogP contribution in [0.2, 0.25) is 0 Å². The lowest BCUT2D eigenvalue weighted by atomic mass is 10.0. The number of fused-ring (bicyclic) bond motifs is 1. The first-order chi connectivity index (χ1) is 16.7. The van der Waals surface area contributed by atoms with E-state index in [2.05, 4.69) is 12.1 Å². The monoisotopic (exact) mass is 472 g/mol. The topological polar surface area (TPSA) is 51.7 Å². The Bertz CT molecular complexity index is 1250. The third-order valence-corrected chi connectivity index (χ3v) is 7.05. The van der Waals surface area contributed by atoms with Crippen molar-refractivity contribution in [3.8, 4) is 5.75 Å². The van der Waals surface area contributed by atoms with Gasteiger partial charge in [-0.3, -0.25) is 9.69 Å². The van der Waals surface area contributed by atoms with Gasteiger partial charge in [-0.2, -0.15) is 0 Å². The summed E-state index contributed by atoms with van der Waals surface area (Å²) in [5.74, 6) is 0.691. The van der Waals surface area contributed by atoms with Gasteiger partial charge >= 0.3 is 0 Å². The van der Waals surface area contributed by atoms with Gasteiger partial charge in [-0.25, -0.2) is 4.98 Å². The van der Waals surface area contributed by atoms with Crippen molar-refractivity contribution in [1.29, 1.82) is 0 Å². The number of hydrogen-bond acceptors (Lipinski definition) is 5. The fraction of sp³-hybridized carbons (Fsp3) is 0.286. The molecule has 1 fully saturated rings. The Balaban J connectivity index is 1.43. The first-order valence-corrected chi connectivity index (χ1v) is 12.6. The van der Waals surface area contributed by atoms with Crippen LogP contribution in [-0.4, -0.2) is 36.8 Å². The van der Waals surface area contributed by atoms with E-state index in [1.807, 2.05) is 67.6 Å². The van der Waals surface area contributed by atoms with Gasteiger partial charge in [-0.05, 0) is 61.6 Å². The summed E-state index contributed by atoms with van der Waals surface area (Å²) in [4.78, 5) is 20.3. The van der Waals surface area contributed by atoms with Gasteiger partial charge in [0.15, 0.2) is 5.13 Å². The van der Waals surface area contributed by atoms with Crippen LogP contribution in [0.1, 0.15) is 41.3 Å². The molecule has 6 heteroatoms. The largest absolute Gasteiger partial charge is 0.492 e. The van der Waals surface area contributed by atoms with Crippen LogP contribution in [0.3, 0.4) is 0 Å². The van der Waals surface area contributed by atoms with Crippen LogP contribution in [0.15, 0.2) is 72.8 Å². The number of carbonyl (C=O) groups excluding carboxylic acids is 1. The van der Waals surface area contributed by atoms with Crippen LogP contribution in [-0.2, 0) is 11.2 Å². The van der Waals surface area contributed by atoms with Crippen LogP contribution in [0.5, 0.6) is 5.75 Å². The lowest BCUT2D eigenvalue weighted by Crippen LogP contribution is -2.37. The van der Waals surface area contributed by atoms with E-state index in [1.165, 1.54) is 22.5 Å². The van der Waals surface area contributed by atoms with Crippen molar-refractivity contribution in [3.63, 3.8) is 0 Å². The lowest BCUT2D eigenvalue weighted by Gasteiger charge is -2.23. The minimum Gasteiger partial charge on any atom is -0.492 e. The number of nitrogens with zero attached hydrogens (tertiary/aromatic N) is 2. The van der Waals surface area contributed by atoms with Gasteiger partial charge in [0.05, 0.1) is 24.0 Å². The van der Waals surface area contributed by atoms with E-state index in [4.69, 9.17) is 14.5 Å². The molecule has 34 heavy (non-hydrogen) atoms. The smallest absolute Gasteiger partial charge is 0.260 e. The summed E-state index contributed by atoms with van der Waals surface area (Å²) in [5, 5.41) is 0.677. The Morgan fingerprint density at radius 2 is 1.85 bits per heavy atom. The highest BCUT2D eigenvalue weighted by Gasteiger charge is 2.27. The van der Waals surface area contributed by atoms with Gasteiger partial charge in [-0.1, -0.05) is 59.9 Å². The maximum absolute atomic E-state index is 13.7. The van der Waals surface area contributed by atoms with E-state index in [0.717, 1.165) is 41.8 Å². The maximum Gasteiger partial charge on any atom is 0.260 e. The van der Waals surface area contributed by atoms with Crippen LogP contribution < -0.4 is 9.64 Å². The van der Waals surface area contributed by atoms with E-state index < -0.39 is 0 Å². The zero-order valence-electron chi connectivity index (χ0n) is 19.3. The van der Waals surface area contributed by atoms with Crippen molar-refractivity contribution in [2.24, 2.45) is 0 Å². The van der Waals surface area contributed by atoms with Gasteiger partial charge in [0.25, 0.3) is 5.91 Å². The number of amides is 1. The number of aromatic nitrogens is 1. The van der Waals surface area contributed by atoms with Crippen LogP contribution >= 0.6 is 11.3 Å². The molecule has 5 nitrogen and oxygen atoms in total.